The van der Waals surface area contributed by atoms with Gasteiger partial charge in [-0.15, -0.1) is 0 Å². The zero-order chi connectivity index (χ0) is 9.84. The van der Waals surface area contributed by atoms with Gasteiger partial charge in [-0.1, -0.05) is 0 Å². The van der Waals surface area contributed by atoms with Crippen LogP contribution in [0.15, 0.2) is 0 Å². The maximum atomic E-state index is 11.2. The average molecular weight is 206 g/mol. The smallest absolute Gasteiger partial charge is 0.316 e. The Morgan fingerprint density at radius 1 is 1.62 bits per heavy atom. The van der Waals surface area contributed by atoms with Gasteiger partial charge in [0.05, 0.1) is 18.0 Å². The Labute approximate surface area is 79.7 Å². The van der Waals surface area contributed by atoms with Crippen molar-refractivity contribution in [2.45, 2.75) is 32.0 Å². The third-order valence-electron chi connectivity index (χ3n) is 1.98. The van der Waals surface area contributed by atoms with Gasteiger partial charge in [-0.3, -0.25) is 9.00 Å². The summed E-state index contributed by atoms with van der Waals surface area (Å²) in [6.07, 6.45) is 2.10. The van der Waals surface area contributed by atoms with Crippen molar-refractivity contribution in [3.63, 3.8) is 0 Å². The van der Waals surface area contributed by atoms with Crippen molar-refractivity contribution in [2.24, 2.45) is 0 Å². The first-order chi connectivity index (χ1) is 6.08. The molecule has 13 heavy (non-hydrogen) atoms. The number of aliphatic carboxylic acids is 1. The molecule has 0 bridgehead atoms. The van der Waals surface area contributed by atoms with Crippen molar-refractivity contribution in [2.75, 3.05) is 11.5 Å². The molecule has 1 heterocycles. The minimum atomic E-state index is -1.28. The Hall–Kier alpha value is -0.420. The molecule has 0 amide bonds. The summed E-state index contributed by atoms with van der Waals surface area (Å²) >= 11 is 0. The molecule has 0 radical (unpaired) electrons. The summed E-state index contributed by atoms with van der Waals surface area (Å²) < 4.78 is 16.6. The van der Waals surface area contributed by atoms with Crippen molar-refractivity contribution in [3.8, 4) is 0 Å². The zero-order valence-electron chi connectivity index (χ0n) is 7.56. The quantitative estimate of drug-likeness (QED) is 0.722. The molecule has 0 spiro atoms. The highest BCUT2D eigenvalue weighted by Gasteiger charge is 2.24. The Bertz CT molecular complexity index is 216. The van der Waals surface area contributed by atoms with E-state index in [1.54, 1.807) is 0 Å². The van der Waals surface area contributed by atoms with Crippen LogP contribution in [0.25, 0.3) is 0 Å². The van der Waals surface area contributed by atoms with E-state index in [-0.39, 0.29) is 18.0 Å². The van der Waals surface area contributed by atoms with E-state index in [9.17, 15) is 9.00 Å². The fraction of sp³-hybridized carbons (Fsp3) is 0.875. The molecule has 0 aromatic carbocycles. The molecule has 1 fully saturated rings. The lowest BCUT2D eigenvalue weighted by atomic mass is 10.2. The van der Waals surface area contributed by atoms with Gasteiger partial charge in [0.15, 0.2) is 0 Å². The Morgan fingerprint density at radius 2 is 2.31 bits per heavy atom. The molecule has 1 aliphatic rings. The first kappa shape index (κ1) is 10.7. The predicted molar refractivity (Wildman–Crippen MR) is 49.1 cm³/mol. The number of rotatable bonds is 4. The summed E-state index contributed by atoms with van der Waals surface area (Å²) in [5.74, 6) is -0.922. The van der Waals surface area contributed by atoms with E-state index in [0.29, 0.717) is 5.75 Å². The third kappa shape index (κ3) is 3.87. The van der Waals surface area contributed by atoms with E-state index in [2.05, 4.69) is 0 Å². The Morgan fingerprint density at radius 3 is 2.77 bits per heavy atom. The summed E-state index contributed by atoms with van der Waals surface area (Å²) in [4.78, 5) is 10.2. The number of hydrogen-bond donors (Lipinski definition) is 1. The second-order valence-electron chi connectivity index (χ2n) is 3.29. The van der Waals surface area contributed by atoms with Crippen molar-refractivity contribution < 1.29 is 18.8 Å². The van der Waals surface area contributed by atoms with E-state index in [4.69, 9.17) is 9.84 Å². The average Bonchev–Trinajstić information content (AvgIpc) is 2.33. The molecule has 0 saturated carbocycles. The van der Waals surface area contributed by atoms with Gasteiger partial charge in [0.1, 0.15) is 5.75 Å². The first-order valence-electron chi connectivity index (χ1n) is 4.30. The van der Waals surface area contributed by atoms with Gasteiger partial charge < -0.3 is 9.84 Å². The zero-order valence-corrected chi connectivity index (χ0v) is 8.38. The van der Waals surface area contributed by atoms with Crippen LogP contribution in [0.2, 0.25) is 0 Å². The van der Waals surface area contributed by atoms with Crippen LogP contribution in [0.1, 0.15) is 19.8 Å². The van der Waals surface area contributed by atoms with Gasteiger partial charge in [0, 0.05) is 10.8 Å². The molecule has 1 N–H and O–H groups in total. The Kier molecular flexibility index (Phi) is 3.87. The number of carboxylic acids is 1. The van der Waals surface area contributed by atoms with Crippen molar-refractivity contribution in [3.05, 3.63) is 0 Å². The molecule has 4 nitrogen and oxygen atoms in total. The van der Waals surface area contributed by atoms with Gasteiger partial charge in [-0.2, -0.15) is 0 Å². The summed E-state index contributed by atoms with van der Waals surface area (Å²) in [5, 5.41) is 8.38. The third-order valence-corrected chi connectivity index (χ3v) is 3.29. The number of carboxylic acid groups (broad SMARTS) is 1. The minimum Gasteiger partial charge on any atom is -0.481 e. The van der Waals surface area contributed by atoms with Crippen molar-refractivity contribution >= 4 is 16.8 Å². The second kappa shape index (κ2) is 4.72. The lowest BCUT2D eigenvalue weighted by molar-refractivity contribution is -0.133. The van der Waals surface area contributed by atoms with E-state index in [0.717, 1.165) is 12.8 Å². The molecule has 0 aliphatic carbocycles. The highest BCUT2D eigenvalue weighted by molar-refractivity contribution is 7.85. The van der Waals surface area contributed by atoms with Crippen LogP contribution in [0.3, 0.4) is 0 Å². The normalized spacial score (nSPS) is 30.2. The van der Waals surface area contributed by atoms with E-state index in [1.165, 1.54) is 0 Å². The highest BCUT2D eigenvalue weighted by atomic mass is 32.2. The molecule has 1 saturated heterocycles. The molecular weight excluding hydrogens is 192 g/mol. The van der Waals surface area contributed by atoms with Crippen molar-refractivity contribution in [1.29, 1.82) is 0 Å². The number of ether oxygens (including phenoxy) is 1. The molecule has 0 aromatic rings. The number of hydrogen-bond acceptors (Lipinski definition) is 3. The molecule has 3 unspecified atom stereocenters. The highest BCUT2D eigenvalue weighted by Crippen LogP contribution is 2.19. The van der Waals surface area contributed by atoms with E-state index in [1.807, 2.05) is 6.92 Å². The maximum Gasteiger partial charge on any atom is 0.316 e. The maximum absolute atomic E-state index is 11.2. The lowest BCUT2D eigenvalue weighted by Gasteiger charge is -2.09. The summed E-state index contributed by atoms with van der Waals surface area (Å²) in [6, 6.07) is 0. The van der Waals surface area contributed by atoms with E-state index < -0.39 is 16.8 Å². The van der Waals surface area contributed by atoms with Crippen LogP contribution >= 0.6 is 0 Å². The molecule has 1 aliphatic heterocycles. The Balaban J connectivity index is 2.24. The molecule has 5 heteroatoms. The standard InChI is InChI=1S/C8H14O4S/c1-6-2-3-7(12-6)4-13(11)5-8(9)10/h6-7H,2-5H2,1H3,(H,9,10). The molecule has 3 atom stereocenters. The van der Waals surface area contributed by atoms with Gasteiger partial charge in [0.25, 0.3) is 0 Å². The monoisotopic (exact) mass is 206 g/mol. The molecule has 76 valence electrons. The molecular formula is C8H14O4S. The summed E-state index contributed by atoms with van der Waals surface area (Å²) in [6.45, 7) is 1.97. The summed E-state index contributed by atoms with van der Waals surface area (Å²) in [7, 11) is -1.28. The molecule has 0 aromatic heterocycles. The van der Waals surface area contributed by atoms with Crippen LogP contribution in [0.4, 0.5) is 0 Å². The van der Waals surface area contributed by atoms with Crippen LogP contribution in [-0.4, -0.2) is 39.0 Å². The van der Waals surface area contributed by atoms with Gasteiger partial charge in [-0.25, -0.2) is 0 Å². The van der Waals surface area contributed by atoms with Gasteiger partial charge >= 0.3 is 5.97 Å². The number of carbonyl (C=O) groups is 1. The van der Waals surface area contributed by atoms with E-state index >= 15 is 0 Å². The fourth-order valence-electron chi connectivity index (χ4n) is 1.41. The SMILES string of the molecule is CC1CCC(CS(=O)CC(=O)O)O1. The topological polar surface area (TPSA) is 63.6 Å². The van der Waals surface area contributed by atoms with Crippen LogP contribution < -0.4 is 0 Å². The van der Waals surface area contributed by atoms with Crippen LogP contribution in [0.5, 0.6) is 0 Å². The molecule has 1 rings (SSSR count). The van der Waals surface area contributed by atoms with Gasteiger partial charge in [-0.05, 0) is 19.8 Å². The van der Waals surface area contributed by atoms with Crippen LogP contribution in [-0.2, 0) is 20.3 Å². The summed E-state index contributed by atoms with van der Waals surface area (Å²) in [5.41, 5.74) is 0. The van der Waals surface area contributed by atoms with Gasteiger partial charge in [0.2, 0.25) is 0 Å². The minimum absolute atomic E-state index is 0.00446. The van der Waals surface area contributed by atoms with Crippen LogP contribution in [0, 0.1) is 0 Å². The van der Waals surface area contributed by atoms with Crippen molar-refractivity contribution in [1.82, 2.24) is 0 Å². The largest absolute Gasteiger partial charge is 0.481 e. The lowest BCUT2D eigenvalue weighted by Crippen LogP contribution is -2.21. The second-order valence-corrected chi connectivity index (χ2v) is 4.79. The fourth-order valence-corrected chi connectivity index (χ4v) is 2.47. The first-order valence-corrected chi connectivity index (χ1v) is 5.79. The predicted octanol–water partition coefficient (Wildman–Crippen LogP) is 0.387.